The summed E-state index contributed by atoms with van der Waals surface area (Å²) in [7, 11) is 1.46. The molecule has 0 spiro atoms. The molecule has 0 fully saturated rings. The number of urea groups is 1. The number of likely N-dealkylation sites (N-methyl/N-ethyl adjacent to an activating group) is 1. The zero-order chi connectivity index (χ0) is 32.8. The van der Waals surface area contributed by atoms with E-state index in [0.29, 0.717) is 5.56 Å². The summed E-state index contributed by atoms with van der Waals surface area (Å²) in [4.78, 5) is 41.0. The number of benzene rings is 2. The van der Waals surface area contributed by atoms with Crippen molar-refractivity contribution in [2.24, 2.45) is 5.92 Å². The Morgan fingerprint density at radius 3 is 2.30 bits per heavy atom. The highest BCUT2D eigenvalue weighted by atomic mass is 19.4. The molecule has 9 nitrogen and oxygen atoms in total. The minimum atomic E-state index is -4.53. The third kappa shape index (κ3) is 9.76. The molecule has 0 bridgehead atoms. The molecule has 1 heterocycles. The molecular formula is C29H34F6N4O5. The topological polar surface area (TPSA) is 111 Å². The molecule has 0 aliphatic carbocycles. The fraction of sp³-hybridized carbons (Fsp3) is 0.483. The number of hydrogen-bond donors (Lipinski definition) is 3. The lowest BCUT2D eigenvalue weighted by Crippen LogP contribution is -2.48. The molecule has 3 rings (SSSR count). The Morgan fingerprint density at radius 1 is 1.07 bits per heavy atom. The lowest BCUT2D eigenvalue weighted by molar-refractivity contribution is -0.142. The molecular weight excluding hydrogens is 598 g/mol. The van der Waals surface area contributed by atoms with Gasteiger partial charge >= 0.3 is 18.4 Å². The van der Waals surface area contributed by atoms with Gasteiger partial charge in [0.15, 0.2) is 0 Å². The summed E-state index contributed by atoms with van der Waals surface area (Å²) in [6.45, 7) is 3.24. The minimum Gasteiger partial charge on any atom is -0.488 e. The quantitative estimate of drug-likeness (QED) is 0.342. The molecule has 4 amide bonds. The molecule has 15 heteroatoms. The van der Waals surface area contributed by atoms with Crippen molar-refractivity contribution in [3.05, 3.63) is 53.6 Å². The van der Waals surface area contributed by atoms with Crippen LogP contribution in [0.15, 0.2) is 42.5 Å². The van der Waals surface area contributed by atoms with E-state index in [1.807, 2.05) is 0 Å². The predicted octanol–water partition coefficient (Wildman–Crippen LogP) is 5.30. The van der Waals surface area contributed by atoms with Crippen molar-refractivity contribution in [3.8, 4) is 5.75 Å². The average Bonchev–Trinajstić information content (AvgIpc) is 2.98. The number of anilines is 2. The lowest BCUT2D eigenvalue weighted by atomic mass is 10.0. The molecule has 2 aromatic rings. The van der Waals surface area contributed by atoms with Crippen molar-refractivity contribution >= 4 is 29.2 Å². The Balaban J connectivity index is 1.82. The van der Waals surface area contributed by atoms with Gasteiger partial charge in [0.1, 0.15) is 11.9 Å². The molecule has 2 aromatic carbocycles. The Hall–Kier alpha value is -4.01. The van der Waals surface area contributed by atoms with E-state index in [0.717, 1.165) is 24.3 Å². The summed E-state index contributed by atoms with van der Waals surface area (Å²) in [5.41, 5.74) is -0.238. The summed E-state index contributed by atoms with van der Waals surface area (Å²) in [6.07, 6.45) is -12.0. The number of aliphatic hydroxyl groups excluding tert-OH is 1. The standard InChI is InChI=1S/C29H34F6N4O5/c1-17-14-39(18(2)16-40)26(42)13-19-12-22(36-25(41)10-11-28(30,31)32)8-9-23(19)44-24(17)15-38(3)27(43)37-21-6-4-20(5-7-21)29(33,34)35/h4-9,12,17-18,24,40H,10-11,13-16H2,1-3H3,(H,36,41)(H,37,43)/t17-,18-,24-/m0/s1. The molecule has 0 aromatic heterocycles. The maximum Gasteiger partial charge on any atom is 0.416 e. The Bertz CT molecular complexity index is 1320. The minimum absolute atomic E-state index is 0.0153. The smallest absolute Gasteiger partial charge is 0.416 e. The van der Waals surface area contributed by atoms with E-state index in [9.17, 15) is 45.8 Å². The number of nitrogens with zero attached hydrogens (tertiary/aromatic N) is 2. The summed E-state index contributed by atoms with van der Waals surface area (Å²) in [6, 6.07) is 7.06. The zero-order valence-corrected chi connectivity index (χ0v) is 24.3. The van der Waals surface area contributed by atoms with E-state index >= 15 is 0 Å². The first-order chi connectivity index (χ1) is 20.5. The third-order valence-electron chi connectivity index (χ3n) is 7.10. The number of amides is 4. The average molecular weight is 633 g/mol. The number of rotatable bonds is 8. The van der Waals surface area contributed by atoms with Gasteiger partial charge in [-0.3, -0.25) is 9.59 Å². The van der Waals surface area contributed by atoms with Crippen LogP contribution < -0.4 is 15.4 Å². The van der Waals surface area contributed by atoms with Crippen LogP contribution in [-0.2, 0) is 22.2 Å². The summed E-state index contributed by atoms with van der Waals surface area (Å²) in [5.74, 6) is -1.36. The van der Waals surface area contributed by atoms with E-state index in [-0.39, 0.29) is 55.1 Å². The number of carbonyl (C=O) groups is 3. The van der Waals surface area contributed by atoms with E-state index in [4.69, 9.17) is 4.74 Å². The normalized spacial score (nSPS) is 18.2. The first-order valence-electron chi connectivity index (χ1n) is 13.7. The van der Waals surface area contributed by atoms with Gasteiger partial charge in [0.2, 0.25) is 11.8 Å². The number of aliphatic hydroxyl groups is 1. The number of hydrogen-bond acceptors (Lipinski definition) is 5. The Labute approximate surface area is 250 Å². The highest BCUT2D eigenvalue weighted by Crippen LogP contribution is 2.31. The second-order valence-electron chi connectivity index (χ2n) is 10.8. The molecule has 44 heavy (non-hydrogen) atoms. The van der Waals surface area contributed by atoms with Gasteiger partial charge in [-0.15, -0.1) is 0 Å². The van der Waals surface area contributed by atoms with Crippen LogP contribution in [0, 0.1) is 5.92 Å². The van der Waals surface area contributed by atoms with Crippen LogP contribution in [-0.4, -0.2) is 77.8 Å². The van der Waals surface area contributed by atoms with Crippen molar-refractivity contribution in [2.75, 3.05) is 37.4 Å². The van der Waals surface area contributed by atoms with Crippen LogP contribution in [0.3, 0.4) is 0 Å². The van der Waals surface area contributed by atoms with Crippen LogP contribution >= 0.6 is 0 Å². The summed E-state index contributed by atoms with van der Waals surface area (Å²) >= 11 is 0. The first kappa shape index (κ1) is 34.5. The van der Waals surface area contributed by atoms with Gasteiger partial charge in [0, 0.05) is 42.9 Å². The molecule has 0 saturated carbocycles. The molecule has 3 N–H and O–H groups in total. The molecule has 1 aliphatic heterocycles. The summed E-state index contributed by atoms with van der Waals surface area (Å²) in [5, 5.41) is 14.7. The van der Waals surface area contributed by atoms with Gasteiger partial charge in [-0.25, -0.2) is 4.79 Å². The van der Waals surface area contributed by atoms with Crippen LogP contribution in [0.4, 0.5) is 42.5 Å². The maximum absolute atomic E-state index is 13.3. The van der Waals surface area contributed by atoms with Crippen molar-refractivity contribution in [1.29, 1.82) is 0 Å². The SMILES string of the molecule is C[C@H]1CN([C@@H](C)CO)C(=O)Cc2cc(NC(=O)CCC(F)(F)F)ccc2O[C@H]1CN(C)C(=O)Nc1ccc(C(F)(F)F)cc1. The lowest BCUT2D eigenvalue weighted by Gasteiger charge is -2.34. The predicted molar refractivity (Wildman–Crippen MR) is 149 cm³/mol. The molecule has 0 unspecified atom stereocenters. The number of ether oxygens (including phenoxy) is 1. The first-order valence-corrected chi connectivity index (χ1v) is 13.7. The Kier molecular flexibility index (Phi) is 11.1. The number of nitrogens with one attached hydrogen (secondary N) is 2. The zero-order valence-electron chi connectivity index (χ0n) is 24.3. The van der Waals surface area contributed by atoms with Crippen molar-refractivity contribution < 1.29 is 50.6 Å². The van der Waals surface area contributed by atoms with Crippen molar-refractivity contribution in [2.45, 2.75) is 57.6 Å². The number of carbonyl (C=O) groups excluding carboxylic acids is 3. The number of alkyl halides is 6. The van der Waals surface area contributed by atoms with Gasteiger partial charge < -0.3 is 30.3 Å². The fourth-order valence-electron chi connectivity index (χ4n) is 4.52. The van der Waals surface area contributed by atoms with E-state index < -0.39 is 54.8 Å². The molecule has 0 radical (unpaired) electrons. The second kappa shape index (κ2) is 14.2. The van der Waals surface area contributed by atoms with Crippen LogP contribution in [0.5, 0.6) is 5.75 Å². The molecule has 0 saturated heterocycles. The molecule has 3 atom stereocenters. The van der Waals surface area contributed by atoms with Crippen molar-refractivity contribution in [1.82, 2.24) is 9.80 Å². The number of halogens is 6. The van der Waals surface area contributed by atoms with Gasteiger partial charge in [-0.05, 0) is 49.4 Å². The number of fused-ring (bicyclic) bond motifs is 1. The van der Waals surface area contributed by atoms with Crippen molar-refractivity contribution in [3.63, 3.8) is 0 Å². The van der Waals surface area contributed by atoms with Crippen LogP contribution in [0.2, 0.25) is 0 Å². The monoisotopic (exact) mass is 632 g/mol. The Morgan fingerprint density at radius 2 is 1.70 bits per heavy atom. The highest BCUT2D eigenvalue weighted by Gasteiger charge is 2.33. The van der Waals surface area contributed by atoms with Gasteiger partial charge in [-0.1, -0.05) is 6.92 Å². The van der Waals surface area contributed by atoms with Gasteiger partial charge in [-0.2, -0.15) is 26.3 Å². The summed E-state index contributed by atoms with van der Waals surface area (Å²) < 4.78 is 82.5. The largest absolute Gasteiger partial charge is 0.488 e. The van der Waals surface area contributed by atoms with E-state index in [1.54, 1.807) is 13.8 Å². The molecule has 1 aliphatic rings. The maximum atomic E-state index is 13.3. The van der Waals surface area contributed by atoms with Gasteiger partial charge in [0.05, 0.1) is 37.6 Å². The highest BCUT2D eigenvalue weighted by molar-refractivity contribution is 5.91. The van der Waals surface area contributed by atoms with E-state index in [1.165, 1.54) is 35.0 Å². The third-order valence-corrected chi connectivity index (χ3v) is 7.10. The fourth-order valence-corrected chi connectivity index (χ4v) is 4.52. The van der Waals surface area contributed by atoms with E-state index in [2.05, 4.69) is 10.6 Å². The van der Waals surface area contributed by atoms with Crippen LogP contribution in [0.25, 0.3) is 0 Å². The van der Waals surface area contributed by atoms with Gasteiger partial charge in [0.25, 0.3) is 0 Å². The van der Waals surface area contributed by atoms with Crippen LogP contribution in [0.1, 0.15) is 37.8 Å². The molecule has 242 valence electrons. The second-order valence-corrected chi connectivity index (χ2v) is 10.8.